The van der Waals surface area contributed by atoms with Gasteiger partial charge >= 0.3 is 0 Å². The molecular weight excluding hydrogens is 444 g/mol. The molecule has 2 aliphatic rings. The highest BCUT2D eigenvalue weighted by molar-refractivity contribution is 6.11. The molecule has 4 rings (SSSR count). The van der Waals surface area contributed by atoms with Crippen molar-refractivity contribution >= 4 is 5.78 Å². The Morgan fingerprint density at radius 2 is 0.944 bits per heavy atom. The maximum Gasteiger partial charge on any atom is 0.193 e. The minimum Gasteiger partial charge on any atom is -0.393 e. The van der Waals surface area contributed by atoms with Crippen LogP contribution in [0, 0.1) is 0 Å². The zero-order valence-electron chi connectivity index (χ0n) is 23.2. The molecule has 2 aromatic rings. The SMILES string of the molecule is CC(C)(C)c1cccc(C(=O)c2cccc(C(C)(C)C)c2C2CCC(O)CC2)c1C1CCC(O)CC1. The van der Waals surface area contributed by atoms with Gasteiger partial charge in [0.25, 0.3) is 0 Å². The second-order valence-electron chi connectivity index (χ2n) is 13.4. The molecule has 2 fully saturated rings. The topological polar surface area (TPSA) is 57.5 Å². The lowest BCUT2D eigenvalue weighted by molar-refractivity contribution is 0.103. The lowest BCUT2D eigenvalue weighted by Gasteiger charge is -2.34. The van der Waals surface area contributed by atoms with Crippen molar-refractivity contribution in [2.24, 2.45) is 0 Å². The summed E-state index contributed by atoms with van der Waals surface area (Å²) in [6.45, 7) is 13.4. The van der Waals surface area contributed by atoms with Gasteiger partial charge in [-0.2, -0.15) is 0 Å². The highest BCUT2D eigenvalue weighted by atomic mass is 16.3. The quantitative estimate of drug-likeness (QED) is 0.435. The van der Waals surface area contributed by atoms with Crippen LogP contribution < -0.4 is 0 Å². The molecule has 0 amide bonds. The van der Waals surface area contributed by atoms with E-state index in [2.05, 4.69) is 65.8 Å². The molecule has 0 radical (unpaired) electrons. The van der Waals surface area contributed by atoms with Crippen LogP contribution in [0.3, 0.4) is 0 Å². The van der Waals surface area contributed by atoms with E-state index in [-0.39, 0.29) is 28.8 Å². The summed E-state index contributed by atoms with van der Waals surface area (Å²) >= 11 is 0. The van der Waals surface area contributed by atoms with Crippen molar-refractivity contribution < 1.29 is 15.0 Å². The fourth-order valence-corrected chi connectivity index (χ4v) is 6.59. The van der Waals surface area contributed by atoms with Gasteiger partial charge in [0.05, 0.1) is 12.2 Å². The van der Waals surface area contributed by atoms with Crippen LogP contribution in [0.5, 0.6) is 0 Å². The molecule has 0 heterocycles. The van der Waals surface area contributed by atoms with Crippen LogP contribution in [0.2, 0.25) is 0 Å². The van der Waals surface area contributed by atoms with Crippen molar-refractivity contribution in [2.45, 2.75) is 128 Å². The highest BCUT2D eigenvalue weighted by Gasteiger charge is 2.34. The predicted molar refractivity (Wildman–Crippen MR) is 148 cm³/mol. The molecule has 2 aromatic carbocycles. The van der Waals surface area contributed by atoms with Gasteiger partial charge in [-0.15, -0.1) is 0 Å². The van der Waals surface area contributed by atoms with E-state index in [1.54, 1.807) is 0 Å². The van der Waals surface area contributed by atoms with Gasteiger partial charge in [0.15, 0.2) is 5.78 Å². The average molecular weight is 491 g/mol. The number of carbonyl (C=O) groups excluding carboxylic acids is 1. The summed E-state index contributed by atoms with van der Waals surface area (Å²) in [5, 5.41) is 20.4. The molecule has 2 N–H and O–H groups in total. The van der Waals surface area contributed by atoms with Crippen molar-refractivity contribution in [3.63, 3.8) is 0 Å². The third-order valence-corrected chi connectivity index (χ3v) is 8.53. The van der Waals surface area contributed by atoms with E-state index >= 15 is 0 Å². The van der Waals surface area contributed by atoms with E-state index in [4.69, 9.17) is 0 Å². The van der Waals surface area contributed by atoms with E-state index in [1.807, 2.05) is 12.1 Å². The van der Waals surface area contributed by atoms with Crippen molar-refractivity contribution in [3.05, 3.63) is 69.8 Å². The van der Waals surface area contributed by atoms with Crippen LogP contribution in [0.1, 0.15) is 143 Å². The normalized spacial score (nSPS) is 25.6. The number of aliphatic hydroxyl groups is 2. The molecule has 196 valence electrons. The van der Waals surface area contributed by atoms with Gasteiger partial charge in [-0.25, -0.2) is 0 Å². The third kappa shape index (κ3) is 5.63. The maximum absolute atomic E-state index is 14.6. The zero-order valence-corrected chi connectivity index (χ0v) is 23.2. The molecule has 3 heteroatoms. The first kappa shape index (κ1) is 27.1. The van der Waals surface area contributed by atoms with Gasteiger partial charge in [0.2, 0.25) is 0 Å². The van der Waals surface area contributed by atoms with Gasteiger partial charge in [0, 0.05) is 11.1 Å². The smallest absolute Gasteiger partial charge is 0.193 e. The second kappa shape index (κ2) is 10.4. The van der Waals surface area contributed by atoms with Gasteiger partial charge in [-0.1, -0.05) is 77.9 Å². The molecule has 0 unspecified atom stereocenters. The summed E-state index contributed by atoms with van der Waals surface area (Å²) in [5.74, 6) is 0.721. The van der Waals surface area contributed by atoms with Crippen LogP contribution in [0.25, 0.3) is 0 Å². The van der Waals surface area contributed by atoms with Crippen LogP contribution >= 0.6 is 0 Å². The first-order chi connectivity index (χ1) is 16.9. The summed E-state index contributed by atoms with van der Waals surface area (Å²) < 4.78 is 0. The molecular formula is C33H46O3. The Bertz CT molecular complexity index is 984. The number of aliphatic hydroxyl groups excluding tert-OH is 2. The standard InChI is InChI=1S/C33H46O3/c1-32(2,3)27-11-7-9-25(29(27)21-13-17-23(34)18-14-21)31(36)26-10-8-12-28(33(4,5)6)30(26)22-15-19-24(35)20-16-22/h7-12,21-24,34-35H,13-20H2,1-6H3. The number of hydrogen-bond acceptors (Lipinski definition) is 3. The highest BCUT2D eigenvalue weighted by Crippen LogP contribution is 2.44. The Morgan fingerprint density at radius 3 is 1.25 bits per heavy atom. The summed E-state index contributed by atoms with van der Waals surface area (Å²) in [4.78, 5) is 14.6. The number of ketones is 1. The van der Waals surface area contributed by atoms with E-state index < -0.39 is 0 Å². The van der Waals surface area contributed by atoms with Crippen LogP contribution in [0.4, 0.5) is 0 Å². The number of carbonyl (C=O) groups is 1. The summed E-state index contributed by atoms with van der Waals surface area (Å²) in [5.41, 5.74) is 6.45. The molecule has 0 bridgehead atoms. The molecule has 0 aliphatic heterocycles. The van der Waals surface area contributed by atoms with Gasteiger partial charge in [-0.05, 0) is 96.3 Å². The van der Waals surface area contributed by atoms with Gasteiger partial charge in [-0.3, -0.25) is 4.79 Å². The Kier molecular flexibility index (Phi) is 7.84. The molecule has 0 aromatic heterocycles. The van der Waals surface area contributed by atoms with Crippen molar-refractivity contribution in [1.29, 1.82) is 0 Å². The minimum atomic E-state index is -0.223. The maximum atomic E-state index is 14.6. The predicted octanol–water partition coefficient (Wildman–Crippen LogP) is 7.55. The minimum absolute atomic E-state index is 0.0721. The molecule has 0 atom stereocenters. The fourth-order valence-electron chi connectivity index (χ4n) is 6.59. The number of hydrogen-bond donors (Lipinski definition) is 2. The third-order valence-electron chi connectivity index (χ3n) is 8.53. The first-order valence-electron chi connectivity index (χ1n) is 14.1. The Hall–Kier alpha value is -1.97. The van der Waals surface area contributed by atoms with Crippen molar-refractivity contribution in [2.75, 3.05) is 0 Å². The summed E-state index contributed by atoms with van der Waals surface area (Å²) in [7, 11) is 0. The van der Waals surface area contributed by atoms with Crippen LogP contribution in [0.15, 0.2) is 36.4 Å². The monoisotopic (exact) mass is 490 g/mol. The fraction of sp³-hybridized carbons (Fsp3) is 0.606. The molecule has 2 aliphatic carbocycles. The van der Waals surface area contributed by atoms with E-state index in [1.165, 1.54) is 22.3 Å². The molecule has 0 saturated heterocycles. The number of benzene rings is 2. The summed E-state index contributed by atoms with van der Waals surface area (Å²) in [6.07, 6.45) is 6.43. The Labute approximate surface area is 218 Å². The number of rotatable bonds is 4. The average Bonchev–Trinajstić information content (AvgIpc) is 2.82. The molecule has 0 spiro atoms. The van der Waals surface area contributed by atoms with Crippen LogP contribution in [-0.2, 0) is 10.8 Å². The van der Waals surface area contributed by atoms with Gasteiger partial charge in [0.1, 0.15) is 0 Å². The van der Waals surface area contributed by atoms with Crippen molar-refractivity contribution in [1.82, 2.24) is 0 Å². The van der Waals surface area contributed by atoms with Crippen LogP contribution in [-0.4, -0.2) is 28.2 Å². The molecule has 2 saturated carbocycles. The van der Waals surface area contributed by atoms with Crippen molar-refractivity contribution in [3.8, 4) is 0 Å². The van der Waals surface area contributed by atoms with Gasteiger partial charge < -0.3 is 10.2 Å². The Balaban J connectivity index is 1.87. The first-order valence-corrected chi connectivity index (χ1v) is 14.1. The van der Waals surface area contributed by atoms with E-state index in [9.17, 15) is 15.0 Å². The molecule has 3 nitrogen and oxygen atoms in total. The lowest BCUT2D eigenvalue weighted by atomic mass is 9.70. The van der Waals surface area contributed by atoms with E-state index in [0.29, 0.717) is 11.8 Å². The Morgan fingerprint density at radius 1 is 0.611 bits per heavy atom. The zero-order chi connectivity index (χ0) is 26.3. The second-order valence-corrected chi connectivity index (χ2v) is 13.4. The molecule has 36 heavy (non-hydrogen) atoms. The summed E-state index contributed by atoms with van der Waals surface area (Å²) in [6, 6.07) is 12.6. The largest absolute Gasteiger partial charge is 0.393 e. The van der Waals surface area contributed by atoms with E-state index in [0.717, 1.165) is 62.5 Å². The lowest BCUT2D eigenvalue weighted by Crippen LogP contribution is -2.26.